The van der Waals surface area contributed by atoms with Crippen LogP contribution in [0.3, 0.4) is 0 Å². The van der Waals surface area contributed by atoms with Gasteiger partial charge in [0.25, 0.3) is 0 Å². The molecule has 0 aliphatic rings. The first kappa shape index (κ1) is 15.0. The minimum absolute atomic E-state index is 0.0642. The van der Waals surface area contributed by atoms with Gasteiger partial charge in [-0.05, 0) is 30.3 Å². The second kappa shape index (κ2) is 6.35. The fraction of sp³-hybridized carbons (Fsp3) is 0. The first-order valence-electron chi connectivity index (χ1n) is 5.42. The summed E-state index contributed by atoms with van der Waals surface area (Å²) in [6.45, 7) is 0. The Morgan fingerprint density at radius 1 is 1.20 bits per heavy atom. The van der Waals surface area contributed by atoms with E-state index < -0.39 is 0 Å². The van der Waals surface area contributed by atoms with Gasteiger partial charge >= 0.3 is 0 Å². The van der Waals surface area contributed by atoms with Crippen molar-refractivity contribution in [1.29, 1.82) is 0 Å². The van der Waals surface area contributed by atoms with Crippen LogP contribution < -0.4 is 10.5 Å². The molecule has 4 nitrogen and oxygen atoms in total. The Bertz CT molecular complexity index is 677. The maximum Gasteiger partial charge on any atom is 0.173 e. The van der Waals surface area contributed by atoms with Gasteiger partial charge in [-0.3, -0.25) is 0 Å². The van der Waals surface area contributed by atoms with Gasteiger partial charge in [-0.25, -0.2) is 0 Å². The molecule has 3 N–H and O–H groups in total. The summed E-state index contributed by atoms with van der Waals surface area (Å²) in [4.78, 5) is 0. The number of amidine groups is 1. The van der Waals surface area contributed by atoms with E-state index in [2.05, 4.69) is 21.1 Å². The minimum Gasteiger partial charge on any atom is -0.455 e. The molecule has 104 valence electrons. The van der Waals surface area contributed by atoms with Crippen LogP contribution in [0.2, 0.25) is 10.0 Å². The summed E-state index contributed by atoms with van der Waals surface area (Å²) in [7, 11) is 0. The summed E-state index contributed by atoms with van der Waals surface area (Å²) >= 11 is 15.3. The predicted octanol–water partition coefficient (Wildman–Crippen LogP) is 4.64. The predicted molar refractivity (Wildman–Crippen MR) is 83.2 cm³/mol. The van der Waals surface area contributed by atoms with E-state index in [1.165, 1.54) is 0 Å². The second-order valence-electron chi connectivity index (χ2n) is 3.78. The molecular formula is C13H9BrCl2N2O2. The van der Waals surface area contributed by atoms with E-state index >= 15 is 0 Å². The second-order valence-corrected chi connectivity index (χ2v) is 5.48. The molecule has 20 heavy (non-hydrogen) atoms. The van der Waals surface area contributed by atoms with Crippen LogP contribution in [0.1, 0.15) is 5.56 Å². The van der Waals surface area contributed by atoms with Gasteiger partial charge in [-0.2, -0.15) is 0 Å². The van der Waals surface area contributed by atoms with Gasteiger partial charge in [-0.1, -0.05) is 50.4 Å². The van der Waals surface area contributed by atoms with Crippen LogP contribution in [0, 0.1) is 0 Å². The van der Waals surface area contributed by atoms with Crippen LogP contribution >= 0.6 is 39.1 Å². The fourth-order valence-corrected chi connectivity index (χ4v) is 2.20. The van der Waals surface area contributed by atoms with Crippen molar-refractivity contribution in [2.24, 2.45) is 10.9 Å². The van der Waals surface area contributed by atoms with Crippen molar-refractivity contribution in [2.45, 2.75) is 0 Å². The molecule has 0 saturated heterocycles. The molecule has 0 unspecified atom stereocenters. The molecule has 7 heteroatoms. The first-order valence-corrected chi connectivity index (χ1v) is 6.97. The van der Waals surface area contributed by atoms with Crippen LogP contribution in [0.25, 0.3) is 0 Å². The molecule has 0 atom stereocenters. The third-order valence-corrected chi connectivity index (χ3v) is 3.76. The summed E-state index contributed by atoms with van der Waals surface area (Å²) in [5.41, 5.74) is 6.05. The van der Waals surface area contributed by atoms with Crippen molar-refractivity contribution < 1.29 is 9.94 Å². The zero-order valence-electron chi connectivity index (χ0n) is 9.98. The van der Waals surface area contributed by atoms with Gasteiger partial charge in [0.1, 0.15) is 16.5 Å². The molecule has 0 bridgehead atoms. The van der Waals surface area contributed by atoms with E-state index in [0.29, 0.717) is 27.1 Å². The van der Waals surface area contributed by atoms with Crippen molar-refractivity contribution in [3.05, 3.63) is 56.5 Å². The molecular weight excluding hydrogens is 367 g/mol. The molecule has 0 saturated carbocycles. The van der Waals surface area contributed by atoms with Gasteiger partial charge in [0.2, 0.25) is 0 Å². The molecule has 0 spiro atoms. The van der Waals surface area contributed by atoms with Gasteiger partial charge in [0, 0.05) is 4.47 Å². The molecule has 2 aromatic carbocycles. The molecule has 2 aromatic rings. The standard InChI is InChI=1S/C13H9BrCl2N2O2/c14-7-4-5-8(13(17)18-19)11(6-7)20-10-3-1-2-9(15)12(10)16/h1-6,19H,(H2,17,18). The number of ether oxygens (including phenoxy) is 1. The maximum absolute atomic E-state index is 8.80. The molecule has 0 amide bonds. The maximum atomic E-state index is 8.80. The Morgan fingerprint density at radius 3 is 2.65 bits per heavy atom. The molecule has 2 rings (SSSR count). The third kappa shape index (κ3) is 3.17. The number of oxime groups is 1. The summed E-state index contributed by atoms with van der Waals surface area (Å²) in [5.74, 6) is 0.703. The van der Waals surface area contributed by atoms with Crippen LogP contribution in [0.5, 0.6) is 11.5 Å². The van der Waals surface area contributed by atoms with Crippen molar-refractivity contribution in [2.75, 3.05) is 0 Å². The van der Waals surface area contributed by atoms with Crippen molar-refractivity contribution in [3.8, 4) is 11.5 Å². The number of halogens is 3. The molecule has 0 aromatic heterocycles. The SMILES string of the molecule is N/C(=N/O)c1ccc(Br)cc1Oc1cccc(Cl)c1Cl. The highest BCUT2D eigenvalue weighted by Gasteiger charge is 2.13. The van der Waals surface area contributed by atoms with Crippen molar-refractivity contribution in [1.82, 2.24) is 0 Å². The molecule has 0 radical (unpaired) electrons. The van der Waals surface area contributed by atoms with E-state index in [9.17, 15) is 0 Å². The van der Waals surface area contributed by atoms with Crippen LogP contribution in [-0.2, 0) is 0 Å². The van der Waals surface area contributed by atoms with Gasteiger partial charge < -0.3 is 15.7 Å². The third-order valence-electron chi connectivity index (χ3n) is 2.46. The quantitative estimate of drug-likeness (QED) is 0.355. The van der Waals surface area contributed by atoms with Gasteiger partial charge in [0.05, 0.1) is 10.6 Å². The number of hydrogen-bond donors (Lipinski definition) is 2. The number of nitrogens with zero attached hydrogens (tertiary/aromatic N) is 1. The lowest BCUT2D eigenvalue weighted by molar-refractivity contribution is 0.318. The summed E-state index contributed by atoms with van der Waals surface area (Å²) < 4.78 is 6.48. The van der Waals surface area contributed by atoms with Crippen LogP contribution in [0.4, 0.5) is 0 Å². The van der Waals surface area contributed by atoms with E-state index in [4.69, 9.17) is 38.9 Å². The zero-order valence-corrected chi connectivity index (χ0v) is 13.1. The Balaban J connectivity index is 2.47. The normalized spacial score (nSPS) is 11.4. The Morgan fingerprint density at radius 2 is 1.95 bits per heavy atom. The molecule has 0 heterocycles. The highest BCUT2D eigenvalue weighted by molar-refractivity contribution is 9.10. The monoisotopic (exact) mass is 374 g/mol. The van der Waals surface area contributed by atoms with Gasteiger partial charge in [-0.15, -0.1) is 0 Å². The van der Waals surface area contributed by atoms with E-state index in [-0.39, 0.29) is 5.84 Å². The van der Waals surface area contributed by atoms with Crippen molar-refractivity contribution in [3.63, 3.8) is 0 Å². The minimum atomic E-state index is -0.0642. The fourth-order valence-electron chi connectivity index (χ4n) is 1.53. The first-order chi connectivity index (χ1) is 9.52. The largest absolute Gasteiger partial charge is 0.455 e. The van der Waals surface area contributed by atoms with Gasteiger partial charge in [0.15, 0.2) is 5.84 Å². The van der Waals surface area contributed by atoms with E-state index in [1.807, 2.05) is 0 Å². The van der Waals surface area contributed by atoms with E-state index in [1.54, 1.807) is 36.4 Å². The molecule has 0 fully saturated rings. The number of nitrogens with two attached hydrogens (primary N) is 1. The summed E-state index contributed by atoms with van der Waals surface area (Å²) in [5, 5.41) is 12.4. The Hall–Kier alpha value is -1.43. The van der Waals surface area contributed by atoms with Crippen LogP contribution in [-0.4, -0.2) is 11.0 Å². The lowest BCUT2D eigenvalue weighted by Crippen LogP contribution is -2.14. The molecule has 0 aliphatic heterocycles. The topological polar surface area (TPSA) is 67.8 Å². The Kier molecular flexibility index (Phi) is 4.75. The molecule has 0 aliphatic carbocycles. The number of benzene rings is 2. The number of rotatable bonds is 3. The van der Waals surface area contributed by atoms with Crippen LogP contribution in [0.15, 0.2) is 46.0 Å². The average Bonchev–Trinajstić information content (AvgIpc) is 2.43. The average molecular weight is 376 g/mol. The smallest absolute Gasteiger partial charge is 0.173 e. The Labute approximate surface area is 133 Å². The lowest BCUT2D eigenvalue weighted by Gasteiger charge is -2.12. The highest BCUT2D eigenvalue weighted by Crippen LogP contribution is 2.36. The summed E-state index contributed by atoms with van der Waals surface area (Å²) in [6, 6.07) is 10.1. The highest BCUT2D eigenvalue weighted by atomic mass is 79.9. The zero-order chi connectivity index (χ0) is 14.7. The van der Waals surface area contributed by atoms with Crippen molar-refractivity contribution >= 4 is 45.0 Å². The summed E-state index contributed by atoms with van der Waals surface area (Å²) in [6.07, 6.45) is 0. The lowest BCUT2D eigenvalue weighted by atomic mass is 10.2. The van der Waals surface area contributed by atoms with E-state index in [0.717, 1.165) is 4.47 Å². The number of hydrogen-bond acceptors (Lipinski definition) is 3.